The van der Waals surface area contributed by atoms with E-state index in [4.69, 9.17) is 11.6 Å². The molecule has 118 valence electrons. The molecule has 0 spiro atoms. The van der Waals surface area contributed by atoms with Crippen LogP contribution in [0.3, 0.4) is 0 Å². The Labute approximate surface area is 139 Å². The van der Waals surface area contributed by atoms with Gasteiger partial charge in [-0.25, -0.2) is 4.39 Å². The topological polar surface area (TPSA) is 34.0 Å². The summed E-state index contributed by atoms with van der Waals surface area (Å²) < 4.78 is 15.0. The SMILES string of the molecule is CN(c1ccc(F)cc1)c1nnc(Cc2ccc(Cl)cc2)n1C. The number of hydrogen-bond donors (Lipinski definition) is 0. The lowest BCUT2D eigenvalue weighted by molar-refractivity contribution is 0.628. The van der Waals surface area contributed by atoms with E-state index in [1.807, 2.05) is 47.8 Å². The highest BCUT2D eigenvalue weighted by Crippen LogP contribution is 2.23. The first-order valence-corrected chi connectivity index (χ1v) is 7.54. The van der Waals surface area contributed by atoms with E-state index in [2.05, 4.69) is 10.2 Å². The first kappa shape index (κ1) is 15.5. The molecule has 0 aliphatic rings. The van der Waals surface area contributed by atoms with Crippen molar-refractivity contribution >= 4 is 23.2 Å². The zero-order chi connectivity index (χ0) is 16.4. The van der Waals surface area contributed by atoms with Gasteiger partial charge in [0.15, 0.2) is 0 Å². The summed E-state index contributed by atoms with van der Waals surface area (Å²) in [5.74, 6) is 1.28. The molecule has 0 unspecified atom stereocenters. The lowest BCUT2D eigenvalue weighted by atomic mass is 10.1. The van der Waals surface area contributed by atoms with Crippen molar-refractivity contribution in [1.82, 2.24) is 14.8 Å². The Morgan fingerprint density at radius 2 is 1.70 bits per heavy atom. The summed E-state index contributed by atoms with van der Waals surface area (Å²) in [6.45, 7) is 0. The summed E-state index contributed by atoms with van der Waals surface area (Å²) >= 11 is 5.90. The molecule has 3 aromatic rings. The van der Waals surface area contributed by atoms with Gasteiger partial charge in [0.25, 0.3) is 0 Å². The summed E-state index contributed by atoms with van der Waals surface area (Å²) in [6.07, 6.45) is 0.665. The molecule has 0 saturated heterocycles. The fourth-order valence-corrected chi connectivity index (χ4v) is 2.49. The fraction of sp³-hybridized carbons (Fsp3) is 0.176. The molecular weight excluding hydrogens is 315 g/mol. The number of halogens is 2. The van der Waals surface area contributed by atoms with Crippen molar-refractivity contribution in [2.45, 2.75) is 6.42 Å². The van der Waals surface area contributed by atoms with E-state index in [1.54, 1.807) is 12.1 Å². The van der Waals surface area contributed by atoms with Crippen LogP contribution in [-0.4, -0.2) is 21.8 Å². The highest BCUT2D eigenvalue weighted by Gasteiger charge is 2.14. The molecule has 2 aromatic carbocycles. The van der Waals surface area contributed by atoms with Crippen LogP contribution in [0, 0.1) is 5.82 Å². The van der Waals surface area contributed by atoms with Crippen molar-refractivity contribution in [2.75, 3.05) is 11.9 Å². The van der Waals surface area contributed by atoms with Crippen LogP contribution in [-0.2, 0) is 13.5 Å². The molecule has 0 saturated carbocycles. The zero-order valence-electron chi connectivity index (χ0n) is 12.9. The summed E-state index contributed by atoms with van der Waals surface area (Å²) in [5, 5.41) is 9.22. The first-order valence-electron chi connectivity index (χ1n) is 7.16. The second kappa shape index (κ2) is 6.38. The van der Waals surface area contributed by atoms with Gasteiger partial charge in [-0.05, 0) is 42.0 Å². The molecule has 0 atom stereocenters. The lowest BCUT2D eigenvalue weighted by Gasteiger charge is -2.18. The van der Waals surface area contributed by atoms with E-state index >= 15 is 0 Å². The normalized spacial score (nSPS) is 10.8. The van der Waals surface area contributed by atoms with Crippen LogP contribution in [0.4, 0.5) is 16.0 Å². The zero-order valence-corrected chi connectivity index (χ0v) is 13.6. The Morgan fingerprint density at radius 3 is 2.35 bits per heavy atom. The number of rotatable bonds is 4. The third-order valence-corrected chi connectivity index (χ3v) is 3.98. The third-order valence-electron chi connectivity index (χ3n) is 3.73. The summed E-state index contributed by atoms with van der Waals surface area (Å²) in [5.41, 5.74) is 1.96. The molecule has 6 heteroatoms. The Balaban J connectivity index is 1.83. The van der Waals surface area contributed by atoms with Crippen molar-refractivity contribution in [3.8, 4) is 0 Å². The molecule has 0 bridgehead atoms. The van der Waals surface area contributed by atoms with Crippen LogP contribution in [0.5, 0.6) is 0 Å². The number of anilines is 2. The molecule has 4 nitrogen and oxygen atoms in total. The van der Waals surface area contributed by atoms with Gasteiger partial charge in [0.2, 0.25) is 5.95 Å². The Kier molecular flexibility index (Phi) is 4.30. The van der Waals surface area contributed by atoms with Crippen LogP contribution in [0.25, 0.3) is 0 Å². The van der Waals surface area contributed by atoms with Crippen LogP contribution in [0.2, 0.25) is 5.02 Å². The van der Waals surface area contributed by atoms with Crippen LogP contribution >= 0.6 is 11.6 Å². The summed E-state index contributed by atoms with van der Waals surface area (Å²) in [4.78, 5) is 1.87. The largest absolute Gasteiger partial charge is 0.314 e. The maximum Gasteiger partial charge on any atom is 0.231 e. The van der Waals surface area contributed by atoms with Crippen LogP contribution in [0.15, 0.2) is 48.5 Å². The minimum absolute atomic E-state index is 0.261. The highest BCUT2D eigenvalue weighted by atomic mass is 35.5. The predicted molar refractivity (Wildman–Crippen MR) is 89.7 cm³/mol. The molecular formula is C17H16ClFN4. The van der Waals surface area contributed by atoms with Crippen molar-refractivity contribution in [1.29, 1.82) is 0 Å². The highest BCUT2D eigenvalue weighted by molar-refractivity contribution is 6.30. The number of hydrogen-bond acceptors (Lipinski definition) is 3. The van der Waals surface area contributed by atoms with Crippen molar-refractivity contribution in [2.24, 2.45) is 7.05 Å². The van der Waals surface area contributed by atoms with Gasteiger partial charge in [-0.2, -0.15) is 0 Å². The minimum atomic E-state index is -0.261. The van der Waals surface area contributed by atoms with E-state index in [0.717, 1.165) is 17.1 Å². The molecule has 0 radical (unpaired) electrons. The van der Waals surface area contributed by atoms with Gasteiger partial charge in [-0.15, -0.1) is 10.2 Å². The van der Waals surface area contributed by atoms with Gasteiger partial charge in [0.1, 0.15) is 11.6 Å². The number of benzene rings is 2. The standard InChI is InChI=1S/C17H16ClFN4/c1-22(15-9-7-14(19)8-10-15)17-21-20-16(23(17)2)11-12-3-5-13(18)6-4-12/h3-10H,11H2,1-2H3. The Bertz CT molecular complexity index is 796. The fourth-order valence-electron chi connectivity index (χ4n) is 2.36. The third kappa shape index (κ3) is 3.35. The molecule has 0 amide bonds. The molecule has 0 aliphatic carbocycles. The molecule has 3 rings (SSSR count). The molecule has 0 aliphatic heterocycles. The smallest absolute Gasteiger partial charge is 0.231 e. The molecule has 0 fully saturated rings. The molecule has 0 N–H and O–H groups in total. The van der Waals surface area contributed by atoms with E-state index in [-0.39, 0.29) is 5.82 Å². The number of nitrogens with zero attached hydrogens (tertiary/aromatic N) is 4. The quantitative estimate of drug-likeness (QED) is 0.726. The van der Waals surface area contributed by atoms with E-state index in [0.29, 0.717) is 17.4 Å². The van der Waals surface area contributed by atoms with Crippen molar-refractivity contribution in [3.05, 3.63) is 70.8 Å². The molecule has 1 aromatic heterocycles. The molecule has 23 heavy (non-hydrogen) atoms. The summed E-state index contributed by atoms with van der Waals surface area (Å²) in [6, 6.07) is 13.9. The second-order valence-electron chi connectivity index (χ2n) is 5.31. The number of aromatic nitrogens is 3. The van der Waals surface area contributed by atoms with Gasteiger partial charge in [-0.3, -0.25) is 4.57 Å². The van der Waals surface area contributed by atoms with Gasteiger partial charge < -0.3 is 4.90 Å². The molecule has 1 heterocycles. The van der Waals surface area contributed by atoms with Gasteiger partial charge in [-0.1, -0.05) is 23.7 Å². The van der Waals surface area contributed by atoms with Gasteiger partial charge in [0.05, 0.1) is 0 Å². The summed E-state index contributed by atoms with van der Waals surface area (Å²) in [7, 11) is 3.80. The lowest BCUT2D eigenvalue weighted by Crippen LogP contribution is -2.15. The van der Waals surface area contributed by atoms with Gasteiger partial charge in [0, 0.05) is 31.2 Å². The second-order valence-corrected chi connectivity index (χ2v) is 5.75. The van der Waals surface area contributed by atoms with E-state index in [9.17, 15) is 4.39 Å². The van der Waals surface area contributed by atoms with Crippen molar-refractivity contribution in [3.63, 3.8) is 0 Å². The van der Waals surface area contributed by atoms with Crippen LogP contribution < -0.4 is 4.90 Å². The maximum absolute atomic E-state index is 13.0. The Hall–Kier alpha value is -2.40. The maximum atomic E-state index is 13.0. The van der Waals surface area contributed by atoms with Crippen molar-refractivity contribution < 1.29 is 4.39 Å². The van der Waals surface area contributed by atoms with Gasteiger partial charge >= 0.3 is 0 Å². The average Bonchev–Trinajstić information content (AvgIpc) is 2.90. The van der Waals surface area contributed by atoms with E-state index in [1.165, 1.54) is 12.1 Å². The van der Waals surface area contributed by atoms with E-state index < -0.39 is 0 Å². The Morgan fingerprint density at radius 1 is 1.04 bits per heavy atom. The minimum Gasteiger partial charge on any atom is -0.314 e. The first-order chi connectivity index (χ1) is 11.0. The average molecular weight is 331 g/mol. The van der Waals surface area contributed by atoms with Crippen LogP contribution in [0.1, 0.15) is 11.4 Å². The predicted octanol–water partition coefficient (Wildman–Crippen LogP) is 3.97. The monoisotopic (exact) mass is 330 g/mol.